The molecule has 128 valence electrons. The molecule has 0 saturated heterocycles. The predicted molar refractivity (Wildman–Crippen MR) is 91.4 cm³/mol. The van der Waals surface area contributed by atoms with Crippen molar-refractivity contribution < 1.29 is 8.78 Å². The zero-order valence-electron chi connectivity index (χ0n) is 14.1. The van der Waals surface area contributed by atoms with Gasteiger partial charge in [-0.1, -0.05) is 12.5 Å². The van der Waals surface area contributed by atoms with Crippen LogP contribution in [0.15, 0.2) is 24.8 Å². The number of halogens is 2. The van der Waals surface area contributed by atoms with Gasteiger partial charge in [-0.2, -0.15) is 5.26 Å². The molecule has 2 aliphatic carbocycles. The molecule has 0 heterocycles. The number of fused-ring (bicyclic) bond motifs is 1. The Morgan fingerprint density at radius 1 is 1.08 bits per heavy atom. The molecule has 0 spiro atoms. The van der Waals surface area contributed by atoms with Crippen LogP contribution >= 0.6 is 0 Å². The first-order valence-electron chi connectivity index (χ1n) is 9.12. The summed E-state index contributed by atoms with van der Waals surface area (Å²) in [6.07, 6.45) is 11.4. The summed E-state index contributed by atoms with van der Waals surface area (Å²) in [6, 6.07) is 4.36. The predicted octanol–water partition coefficient (Wildman–Crippen LogP) is 6.10. The molecule has 24 heavy (non-hydrogen) atoms. The first-order chi connectivity index (χ1) is 11.6. The zero-order chi connectivity index (χ0) is 17.1. The van der Waals surface area contributed by atoms with Crippen molar-refractivity contribution in [2.45, 2.75) is 57.3 Å². The van der Waals surface area contributed by atoms with Crippen molar-refractivity contribution in [1.82, 2.24) is 0 Å². The lowest BCUT2D eigenvalue weighted by atomic mass is 9.63. The third-order valence-electron chi connectivity index (χ3n) is 6.15. The van der Waals surface area contributed by atoms with Crippen LogP contribution < -0.4 is 0 Å². The van der Waals surface area contributed by atoms with Crippen molar-refractivity contribution in [1.29, 1.82) is 5.26 Å². The molecule has 0 bridgehead atoms. The summed E-state index contributed by atoms with van der Waals surface area (Å²) in [4.78, 5) is 0. The fourth-order valence-corrected chi connectivity index (χ4v) is 4.84. The minimum Gasteiger partial charge on any atom is -0.205 e. The van der Waals surface area contributed by atoms with E-state index >= 15 is 0 Å². The van der Waals surface area contributed by atoms with Gasteiger partial charge < -0.3 is 0 Å². The number of hydrogen-bond donors (Lipinski definition) is 0. The van der Waals surface area contributed by atoms with Gasteiger partial charge in [0.2, 0.25) is 0 Å². The lowest BCUT2D eigenvalue weighted by Gasteiger charge is -2.42. The number of nitrogens with zero attached hydrogens (tertiary/aromatic N) is 1. The van der Waals surface area contributed by atoms with Gasteiger partial charge in [0.25, 0.3) is 0 Å². The van der Waals surface area contributed by atoms with Gasteiger partial charge in [-0.05, 0) is 86.3 Å². The SMILES string of the molecule is C=CCCC1CCC2CC(c3cc(F)c(C#N)c(F)c3)CCC2C1. The quantitative estimate of drug-likeness (QED) is 0.612. The van der Waals surface area contributed by atoms with Crippen molar-refractivity contribution in [3.8, 4) is 6.07 Å². The van der Waals surface area contributed by atoms with Crippen LogP contribution in [0.1, 0.15) is 68.4 Å². The molecular formula is C21H25F2N. The van der Waals surface area contributed by atoms with Gasteiger partial charge in [-0.15, -0.1) is 6.58 Å². The number of benzene rings is 1. The van der Waals surface area contributed by atoms with Gasteiger partial charge in [-0.25, -0.2) is 8.78 Å². The maximum absolute atomic E-state index is 13.9. The van der Waals surface area contributed by atoms with Gasteiger partial charge in [0.05, 0.1) is 0 Å². The summed E-state index contributed by atoms with van der Waals surface area (Å²) in [5, 5.41) is 8.81. The van der Waals surface area contributed by atoms with Crippen LogP contribution in [0.2, 0.25) is 0 Å². The highest BCUT2D eigenvalue weighted by atomic mass is 19.1. The van der Waals surface area contributed by atoms with Crippen LogP contribution in [0.5, 0.6) is 0 Å². The normalized spacial score (nSPS) is 29.5. The number of rotatable bonds is 4. The maximum Gasteiger partial charge on any atom is 0.144 e. The lowest BCUT2D eigenvalue weighted by molar-refractivity contribution is 0.115. The molecule has 2 aliphatic rings. The van der Waals surface area contributed by atoms with E-state index in [1.54, 1.807) is 6.07 Å². The second-order valence-electron chi connectivity index (χ2n) is 7.55. The van der Waals surface area contributed by atoms with Gasteiger partial charge in [0.15, 0.2) is 0 Å². The van der Waals surface area contributed by atoms with E-state index in [0.717, 1.165) is 43.1 Å². The third kappa shape index (κ3) is 3.53. The molecule has 4 atom stereocenters. The van der Waals surface area contributed by atoms with E-state index in [1.807, 2.05) is 6.08 Å². The molecule has 1 aromatic carbocycles. The van der Waals surface area contributed by atoms with Crippen LogP contribution in [0.3, 0.4) is 0 Å². The average molecular weight is 329 g/mol. The molecule has 2 fully saturated rings. The van der Waals surface area contributed by atoms with E-state index in [1.165, 1.54) is 37.8 Å². The minimum atomic E-state index is -0.720. The molecule has 3 heteroatoms. The second-order valence-corrected chi connectivity index (χ2v) is 7.55. The molecule has 0 radical (unpaired) electrons. The highest BCUT2D eigenvalue weighted by molar-refractivity contribution is 5.36. The second kappa shape index (κ2) is 7.47. The highest BCUT2D eigenvalue weighted by Crippen LogP contribution is 2.48. The van der Waals surface area contributed by atoms with Crippen LogP contribution in [0.25, 0.3) is 0 Å². The first kappa shape index (κ1) is 17.1. The zero-order valence-corrected chi connectivity index (χ0v) is 14.1. The van der Waals surface area contributed by atoms with E-state index in [0.29, 0.717) is 5.92 Å². The standard InChI is InChI=1S/C21H25F2N/c1-2-3-4-14-5-6-16-10-17(8-7-15(16)9-14)18-11-20(22)19(13-24)21(23)12-18/h2,11-12,14-17H,1,3-10H2. The number of allylic oxidation sites excluding steroid dienone is 1. The summed E-state index contributed by atoms with van der Waals surface area (Å²) >= 11 is 0. The molecule has 0 N–H and O–H groups in total. The highest BCUT2D eigenvalue weighted by Gasteiger charge is 2.36. The molecule has 0 aliphatic heterocycles. The van der Waals surface area contributed by atoms with E-state index in [2.05, 4.69) is 6.58 Å². The van der Waals surface area contributed by atoms with E-state index < -0.39 is 17.2 Å². The Morgan fingerprint density at radius 2 is 1.75 bits per heavy atom. The Morgan fingerprint density at radius 3 is 2.42 bits per heavy atom. The van der Waals surface area contributed by atoms with Crippen LogP contribution in [-0.2, 0) is 0 Å². The fraction of sp³-hybridized carbons (Fsp3) is 0.571. The Bertz CT molecular complexity index is 623. The summed E-state index contributed by atoms with van der Waals surface area (Å²) in [5.74, 6) is 1.08. The summed E-state index contributed by atoms with van der Waals surface area (Å²) in [7, 11) is 0. The number of hydrogen-bond acceptors (Lipinski definition) is 1. The van der Waals surface area contributed by atoms with E-state index in [9.17, 15) is 8.78 Å². The Kier molecular flexibility index (Phi) is 5.33. The Labute approximate surface area is 143 Å². The van der Waals surface area contributed by atoms with Crippen molar-refractivity contribution in [3.63, 3.8) is 0 Å². The average Bonchev–Trinajstić information content (AvgIpc) is 2.59. The van der Waals surface area contributed by atoms with Crippen LogP contribution in [-0.4, -0.2) is 0 Å². The number of nitriles is 1. The Balaban J connectivity index is 1.66. The lowest BCUT2D eigenvalue weighted by Crippen LogP contribution is -2.30. The fourth-order valence-electron chi connectivity index (χ4n) is 4.84. The van der Waals surface area contributed by atoms with Crippen LogP contribution in [0, 0.1) is 40.7 Å². The van der Waals surface area contributed by atoms with E-state index in [4.69, 9.17) is 5.26 Å². The molecule has 0 amide bonds. The van der Waals surface area contributed by atoms with Gasteiger partial charge >= 0.3 is 0 Å². The molecule has 1 nitrogen and oxygen atoms in total. The van der Waals surface area contributed by atoms with Crippen molar-refractivity contribution >= 4 is 0 Å². The molecule has 1 aromatic rings. The first-order valence-corrected chi connectivity index (χ1v) is 9.12. The molecule has 2 saturated carbocycles. The topological polar surface area (TPSA) is 23.8 Å². The largest absolute Gasteiger partial charge is 0.205 e. The van der Waals surface area contributed by atoms with Gasteiger partial charge in [0, 0.05) is 0 Å². The van der Waals surface area contributed by atoms with Crippen molar-refractivity contribution in [3.05, 3.63) is 47.5 Å². The third-order valence-corrected chi connectivity index (χ3v) is 6.15. The van der Waals surface area contributed by atoms with Gasteiger partial charge in [0.1, 0.15) is 23.3 Å². The molecule has 4 unspecified atom stereocenters. The summed E-state index contributed by atoms with van der Waals surface area (Å²) < 4.78 is 27.8. The molecule has 3 rings (SSSR count). The monoisotopic (exact) mass is 329 g/mol. The summed E-state index contributed by atoms with van der Waals surface area (Å²) in [6.45, 7) is 3.82. The molecule has 0 aromatic heterocycles. The maximum atomic E-state index is 13.9. The van der Waals surface area contributed by atoms with Gasteiger partial charge in [-0.3, -0.25) is 0 Å². The Hall–Kier alpha value is -1.69. The summed E-state index contributed by atoms with van der Waals surface area (Å²) in [5.41, 5.74) is 0.270. The van der Waals surface area contributed by atoms with E-state index in [-0.39, 0.29) is 5.92 Å². The van der Waals surface area contributed by atoms with Crippen LogP contribution in [0.4, 0.5) is 8.78 Å². The minimum absolute atomic E-state index is 0.229. The van der Waals surface area contributed by atoms with Crippen molar-refractivity contribution in [2.75, 3.05) is 0 Å². The molecular weight excluding hydrogens is 304 g/mol. The van der Waals surface area contributed by atoms with Crippen molar-refractivity contribution in [2.24, 2.45) is 17.8 Å². The smallest absolute Gasteiger partial charge is 0.144 e.